The van der Waals surface area contributed by atoms with Crippen molar-refractivity contribution in [2.45, 2.75) is 6.61 Å². The van der Waals surface area contributed by atoms with E-state index in [4.69, 9.17) is 9.47 Å². The highest BCUT2D eigenvalue weighted by molar-refractivity contribution is 5.99. The molecule has 0 unspecified atom stereocenters. The monoisotopic (exact) mass is 427 g/mol. The molecular formula is C26H18FNO4. The van der Waals surface area contributed by atoms with Crippen LogP contribution < -0.4 is 9.47 Å². The van der Waals surface area contributed by atoms with Gasteiger partial charge in [-0.05, 0) is 47.5 Å². The van der Waals surface area contributed by atoms with Crippen LogP contribution in [0.5, 0.6) is 11.5 Å². The third kappa shape index (κ3) is 3.26. The fourth-order valence-electron chi connectivity index (χ4n) is 4.06. The van der Waals surface area contributed by atoms with Gasteiger partial charge >= 0.3 is 5.97 Å². The number of carbonyl (C=O) groups is 1. The van der Waals surface area contributed by atoms with E-state index in [1.165, 1.54) is 6.07 Å². The number of fused-ring (bicyclic) bond motifs is 3. The van der Waals surface area contributed by atoms with E-state index in [0.717, 1.165) is 22.3 Å². The molecule has 0 atom stereocenters. The van der Waals surface area contributed by atoms with Crippen LogP contribution in [0.1, 0.15) is 15.9 Å². The average Bonchev–Trinajstić information content (AvgIpc) is 2.83. The second-order valence-electron chi connectivity index (χ2n) is 7.42. The van der Waals surface area contributed by atoms with Crippen LogP contribution in [0.3, 0.4) is 0 Å². The van der Waals surface area contributed by atoms with E-state index in [2.05, 4.69) is 4.98 Å². The SMILES string of the molecule is COc1cc2c(cc1-c1cccnc1)COc1cc(-c3ccccc3F)c(C(=O)O)cc1-2. The van der Waals surface area contributed by atoms with Crippen LogP contribution in [0.15, 0.2) is 73.1 Å². The van der Waals surface area contributed by atoms with Crippen LogP contribution in [0, 0.1) is 5.82 Å². The van der Waals surface area contributed by atoms with Gasteiger partial charge in [-0.1, -0.05) is 24.3 Å². The first-order chi connectivity index (χ1) is 15.6. The van der Waals surface area contributed by atoms with Crippen molar-refractivity contribution in [3.63, 3.8) is 0 Å². The largest absolute Gasteiger partial charge is 0.496 e. The third-order valence-corrected chi connectivity index (χ3v) is 5.59. The van der Waals surface area contributed by atoms with E-state index in [1.54, 1.807) is 49.8 Å². The van der Waals surface area contributed by atoms with Gasteiger partial charge in [0.25, 0.3) is 0 Å². The Morgan fingerprint density at radius 2 is 1.84 bits per heavy atom. The number of pyridine rings is 1. The van der Waals surface area contributed by atoms with Crippen molar-refractivity contribution < 1.29 is 23.8 Å². The Morgan fingerprint density at radius 1 is 1.00 bits per heavy atom. The summed E-state index contributed by atoms with van der Waals surface area (Å²) in [4.78, 5) is 16.2. The Morgan fingerprint density at radius 3 is 2.56 bits per heavy atom. The molecule has 3 aromatic carbocycles. The van der Waals surface area contributed by atoms with Gasteiger partial charge in [-0.25, -0.2) is 9.18 Å². The Kier molecular flexibility index (Phi) is 4.82. The number of halogens is 1. The van der Waals surface area contributed by atoms with E-state index in [0.29, 0.717) is 23.7 Å². The average molecular weight is 427 g/mol. The van der Waals surface area contributed by atoms with Crippen LogP contribution in [0.4, 0.5) is 4.39 Å². The zero-order valence-corrected chi connectivity index (χ0v) is 17.1. The Balaban J connectivity index is 1.71. The lowest BCUT2D eigenvalue weighted by Crippen LogP contribution is -2.09. The lowest BCUT2D eigenvalue weighted by atomic mass is 9.89. The van der Waals surface area contributed by atoms with Crippen molar-refractivity contribution in [1.29, 1.82) is 0 Å². The van der Waals surface area contributed by atoms with Crippen molar-refractivity contribution in [3.8, 4) is 44.9 Å². The first-order valence-corrected chi connectivity index (χ1v) is 9.97. The van der Waals surface area contributed by atoms with Crippen LogP contribution >= 0.6 is 0 Å². The Bertz CT molecular complexity index is 1350. The highest BCUT2D eigenvalue weighted by Gasteiger charge is 2.25. The van der Waals surface area contributed by atoms with Crippen molar-refractivity contribution in [2.24, 2.45) is 0 Å². The summed E-state index contributed by atoms with van der Waals surface area (Å²) in [6.07, 6.45) is 3.46. The molecule has 32 heavy (non-hydrogen) atoms. The van der Waals surface area contributed by atoms with Gasteiger partial charge in [-0.2, -0.15) is 0 Å². The molecule has 6 heteroatoms. The molecule has 2 heterocycles. The highest BCUT2D eigenvalue weighted by Crippen LogP contribution is 2.45. The fourth-order valence-corrected chi connectivity index (χ4v) is 4.06. The van der Waals surface area contributed by atoms with Gasteiger partial charge in [-0.3, -0.25) is 4.98 Å². The maximum absolute atomic E-state index is 14.4. The molecule has 0 aliphatic carbocycles. The van der Waals surface area contributed by atoms with Gasteiger partial charge in [0, 0.05) is 40.2 Å². The maximum atomic E-state index is 14.4. The molecule has 0 spiro atoms. The van der Waals surface area contributed by atoms with Gasteiger partial charge < -0.3 is 14.6 Å². The van der Waals surface area contributed by atoms with Gasteiger partial charge in [0.15, 0.2) is 0 Å². The second kappa shape index (κ2) is 7.81. The third-order valence-electron chi connectivity index (χ3n) is 5.59. The summed E-state index contributed by atoms with van der Waals surface area (Å²) in [5, 5.41) is 9.87. The highest BCUT2D eigenvalue weighted by atomic mass is 19.1. The molecule has 5 nitrogen and oxygen atoms in total. The summed E-state index contributed by atoms with van der Waals surface area (Å²) in [7, 11) is 1.59. The number of aromatic carboxylic acids is 1. The molecule has 158 valence electrons. The van der Waals surface area contributed by atoms with Crippen LogP contribution in [0.25, 0.3) is 33.4 Å². The lowest BCUT2D eigenvalue weighted by Gasteiger charge is -2.24. The minimum absolute atomic E-state index is 0.000558. The first-order valence-electron chi connectivity index (χ1n) is 9.97. The van der Waals surface area contributed by atoms with Gasteiger partial charge in [0.1, 0.15) is 23.9 Å². The molecule has 1 aliphatic rings. The number of carboxylic acid groups (broad SMARTS) is 1. The molecule has 0 fully saturated rings. The quantitative estimate of drug-likeness (QED) is 0.444. The fraction of sp³-hybridized carbons (Fsp3) is 0.0769. The molecule has 1 aliphatic heterocycles. The number of ether oxygens (including phenoxy) is 2. The van der Waals surface area contributed by atoms with E-state index in [1.807, 2.05) is 24.3 Å². The van der Waals surface area contributed by atoms with Crippen LogP contribution in [0.2, 0.25) is 0 Å². The number of benzene rings is 3. The maximum Gasteiger partial charge on any atom is 0.336 e. The summed E-state index contributed by atoms with van der Waals surface area (Å²) in [6.45, 7) is 0.294. The van der Waals surface area contributed by atoms with Gasteiger partial charge in [-0.15, -0.1) is 0 Å². The Labute approximate surface area is 183 Å². The van der Waals surface area contributed by atoms with E-state index in [-0.39, 0.29) is 16.7 Å². The molecule has 0 saturated heterocycles. The predicted molar refractivity (Wildman–Crippen MR) is 118 cm³/mol. The summed E-state index contributed by atoms with van der Waals surface area (Å²) >= 11 is 0. The number of nitrogens with zero attached hydrogens (tertiary/aromatic N) is 1. The molecule has 1 aromatic heterocycles. The van der Waals surface area contributed by atoms with Gasteiger partial charge in [0.05, 0.1) is 12.7 Å². The zero-order chi connectivity index (χ0) is 22.2. The number of rotatable bonds is 4. The number of hydrogen-bond acceptors (Lipinski definition) is 4. The molecule has 0 amide bonds. The normalized spacial score (nSPS) is 11.8. The molecule has 0 saturated carbocycles. The summed E-state index contributed by atoms with van der Waals surface area (Å²) in [5.74, 6) is -0.498. The zero-order valence-electron chi connectivity index (χ0n) is 17.1. The van der Waals surface area contributed by atoms with Crippen LogP contribution in [-0.2, 0) is 6.61 Å². The number of methoxy groups -OCH3 is 1. The Hall–Kier alpha value is -4.19. The molecule has 1 N–H and O–H groups in total. The molecular weight excluding hydrogens is 409 g/mol. The number of carboxylic acids is 1. The van der Waals surface area contributed by atoms with Crippen molar-refractivity contribution >= 4 is 5.97 Å². The van der Waals surface area contributed by atoms with Crippen molar-refractivity contribution in [1.82, 2.24) is 4.98 Å². The van der Waals surface area contributed by atoms with E-state index in [9.17, 15) is 14.3 Å². The second-order valence-corrected chi connectivity index (χ2v) is 7.42. The summed E-state index contributed by atoms with van der Waals surface area (Å²) in [5.41, 5.74) is 4.60. The van der Waals surface area contributed by atoms with E-state index < -0.39 is 11.8 Å². The number of aromatic nitrogens is 1. The predicted octanol–water partition coefficient (Wildman–Crippen LogP) is 5.82. The minimum Gasteiger partial charge on any atom is -0.496 e. The minimum atomic E-state index is -1.14. The molecule has 0 bridgehead atoms. The van der Waals surface area contributed by atoms with Crippen molar-refractivity contribution in [2.75, 3.05) is 7.11 Å². The van der Waals surface area contributed by atoms with E-state index >= 15 is 0 Å². The summed E-state index contributed by atoms with van der Waals surface area (Å²) in [6, 6.07) is 16.9. The van der Waals surface area contributed by atoms with Gasteiger partial charge in [0.2, 0.25) is 0 Å². The smallest absolute Gasteiger partial charge is 0.336 e. The topological polar surface area (TPSA) is 68.7 Å². The molecule has 5 rings (SSSR count). The van der Waals surface area contributed by atoms with Crippen molar-refractivity contribution in [3.05, 3.63) is 90.0 Å². The van der Waals surface area contributed by atoms with Crippen LogP contribution in [-0.4, -0.2) is 23.2 Å². The molecule has 0 radical (unpaired) electrons. The standard InChI is InChI=1S/C26H18FNO4/c1-31-24-11-18-16(9-19(24)15-5-4-8-28-13-15)14-32-25-12-20(17-6-2-3-7-23(17)27)22(26(29)30)10-21(18)25/h2-13H,14H2,1H3,(H,29,30). The summed E-state index contributed by atoms with van der Waals surface area (Å²) < 4.78 is 26.1. The molecule has 4 aromatic rings. The number of hydrogen-bond donors (Lipinski definition) is 1. The first kappa shape index (κ1) is 19.8. The lowest BCUT2D eigenvalue weighted by molar-refractivity contribution is 0.0697.